The van der Waals surface area contributed by atoms with E-state index < -0.39 is 29.8 Å². The number of hydrogen-bond acceptors (Lipinski definition) is 4. The predicted molar refractivity (Wildman–Crippen MR) is 124 cm³/mol. The van der Waals surface area contributed by atoms with Crippen molar-refractivity contribution in [3.05, 3.63) is 89.2 Å². The van der Waals surface area contributed by atoms with Crippen molar-refractivity contribution in [1.29, 1.82) is 0 Å². The highest BCUT2D eigenvalue weighted by Crippen LogP contribution is 2.44. The Bertz CT molecular complexity index is 1210. The molecule has 0 unspecified atom stereocenters. The lowest BCUT2D eigenvalue weighted by atomic mass is 9.98. The fourth-order valence-corrected chi connectivity index (χ4v) is 4.14. The minimum absolute atomic E-state index is 0.103. The zero-order valence-electron chi connectivity index (χ0n) is 18.4. The largest absolute Gasteiger partial charge is 0.481 e. The molecule has 3 N–H and O–H groups in total. The van der Waals surface area contributed by atoms with E-state index in [2.05, 4.69) is 10.6 Å². The van der Waals surface area contributed by atoms with E-state index in [0.717, 1.165) is 28.3 Å². The van der Waals surface area contributed by atoms with Gasteiger partial charge in [-0.15, -0.1) is 0 Å². The van der Waals surface area contributed by atoms with E-state index in [9.17, 15) is 18.8 Å². The molecule has 3 aromatic carbocycles. The van der Waals surface area contributed by atoms with Gasteiger partial charge >= 0.3 is 12.1 Å². The highest BCUT2D eigenvalue weighted by molar-refractivity contribution is 5.95. The molecule has 0 fully saturated rings. The molecule has 0 aliphatic heterocycles. The van der Waals surface area contributed by atoms with E-state index in [1.807, 2.05) is 48.5 Å². The van der Waals surface area contributed by atoms with Gasteiger partial charge in [0.2, 0.25) is 0 Å². The Morgan fingerprint density at radius 2 is 1.62 bits per heavy atom. The first-order valence-corrected chi connectivity index (χ1v) is 10.8. The Kier molecular flexibility index (Phi) is 6.58. The van der Waals surface area contributed by atoms with Gasteiger partial charge < -0.3 is 15.2 Å². The van der Waals surface area contributed by atoms with Gasteiger partial charge in [-0.05, 0) is 47.4 Å². The van der Waals surface area contributed by atoms with Crippen LogP contribution in [0.4, 0.5) is 14.9 Å². The predicted octanol–water partition coefficient (Wildman–Crippen LogP) is 4.78. The second-order valence-electron chi connectivity index (χ2n) is 8.12. The number of carboxylic acids is 1. The summed E-state index contributed by atoms with van der Waals surface area (Å²) >= 11 is 0. The number of anilines is 1. The average Bonchev–Trinajstić information content (AvgIpc) is 3.11. The number of amides is 2. The molecule has 8 heteroatoms. The number of halogens is 1. The van der Waals surface area contributed by atoms with Crippen LogP contribution in [0.5, 0.6) is 0 Å². The SMILES string of the molecule is C[C@H](CC(=O)O)NC(=O)c1ccc(NC(=O)OCC2c3ccccc3-c3ccccc32)cc1F. The fourth-order valence-electron chi connectivity index (χ4n) is 4.14. The van der Waals surface area contributed by atoms with E-state index in [1.54, 1.807) is 0 Å². The van der Waals surface area contributed by atoms with Crippen LogP contribution < -0.4 is 10.6 Å². The van der Waals surface area contributed by atoms with Crippen molar-refractivity contribution in [3.63, 3.8) is 0 Å². The third kappa shape index (κ3) is 4.91. The number of hydrogen-bond donors (Lipinski definition) is 3. The lowest BCUT2D eigenvalue weighted by Crippen LogP contribution is -2.34. The zero-order chi connectivity index (χ0) is 24.2. The van der Waals surface area contributed by atoms with Crippen LogP contribution in [0.15, 0.2) is 66.7 Å². The third-order valence-electron chi connectivity index (χ3n) is 5.66. The van der Waals surface area contributed by atoms with Crippen molar-refractivity contribution in [2.75, 3.05) is 11.9 Å². The van der Waals surface area contributed by atoms with Gasteiger partial charge in [0.1, 0.15) is 12.4 Å². The molecule has 4 rings (SSSR count). The molecule has 0 heterocycles. The van der Waals surface area contributed by atoms with Crippen LogP contribution in [0.3, 0.4) is 0 Å². The molecule has 0 saturated heterocycles. The van der Waals surface area contributed by atoms with Crippen LogP contribution in [-0.4, -0.2) is 35.7 Å². The highest BCUT2D eigenvalue weighted by atomic mass is 19.1. The molecule has 0 bridgehead atoms. The minimum Gasteiger partial charge on any atom is -0.481 e. The summed E-state index contributed by atoms with van der Waals surface area (Å²) < 4.78 is 19.9. The van der Waals surface area contributed by atoms with E-state index in [1.165, 1.54) is 19.1 Å². The highest BCUT2D eigenvalue weighted by Gasteiger charge is 2.29. The number of fused-ring (bicyclic) bond motifs is 3. The summed E-state index contributed by atoms with van der Waals surface area (Å²) in [7, 11) is 0. The average molecular weight is 462 g/mol. The topological polar surface area (TPSA) is 105 Å². The van der Waals surface area contributed by atoms with Crippen LogP contribution in [0, 0.1) is 5.82 Å². The molecule has 0 aromatic heterocycles. The van der Waals surface area contributed by atoms with Crippen molar-refractivity contribution >= 4 is 23.7 Å². The molecule has 0 radical (unpaired) electrons. The molecule has 0 saturated carbocycles. The van der Waals surface area contributed by atoms with Crippen LogP contribution in [0.2, 0.25) is 0 Å². The quantitative estimate of drug-likeness (QED) is 0.469. The van der Waals surface area contributed by atoms with Crippen molar-refractivity contribution in [1.82, 2.24) is 5.32 Å². The number of carboxylic acid groups (broad SMARTS) is 1. The van der Waals surface area contributed by atoms with Crippen molar-refractivity contribution < 1.29 is 28.6 Å². The number of rotatable bonds is 7. The first-order chi connectivity index (χ1) is 16.3. The Morgan fingerprint density at radius 1 is 1.00 bits per heavy atom. The molecule has 0 spiro atoms. The first-order valence-electron chi connectivity index (χ1n) is 10.8. The van der Waals surface area contributed by atoms with Crippen molar-refractivity contribution in [2.24, 2.45) is 0 Å². The molecule has 7 nitrogen and oxygen atoms in total. The van der Waals surface area contributed by atoms with Gasteiger partial charge in [0.15, 0.2) is 0 Å². The van der Waals surface area contributed by atoms with Crippen LogP contribution in [0.25, 0.3) is 11.1 Å². The van der Waals surface area contributed by atoms with Gasteiger partial charge in [-0.3, -0.25) is 14.9 Å². The number of ether oxygens (including phenoxy) is 1. The van der Waals surface area contributed by atoms with Gasteiger partial charge in [0.25, 0.3) is 5.91 Å². The summed E-state index contributed by atoms with van der Waals surface area (Å²) in [5.41, 5.74) is 4.26. The van der Waals surface area contributed by atoms with Gasteiger partial charge in [-0.25, -0.2) is 9.18 Å². The summed E-state index contributed by atoms with van der Waals surface area (Å²) in [6.07, 6.45) is -1.03. The van der Waals surface area contributed by atoms with Crippen LogP contribution >= 0.6 is 0 Å². The molecule has 3 aromatic rings. The summed E-state index contributed by atoms with van der Waals surface area (Å²) in [6, 6.07) is 18.9. The van der Waals surface area contributed by atoms with Gasteiger partial charge in [0.05, 0.1) is 12.0 Å². The minimum atomic E-state index is -1.07. The molecule has 34 heavy (non-hydrogen) atoms. The summed E-state index contributed by atoms with van der Waals surface area (Å²) in [4.78, 5) is 35.3. The smallest absolute Gasteiger partial charge is 0.411 e. The summed E-state index contributed by atoms with van der Waals surface area (Å²) in [5, 5.41) is 13.7. The number of nitrogens with one attached hydrogen (secondary N) is 2. The van der Waals surface area contributed by atoms with Crippen molar-refractivity contribution in [2.45, 2.75) is 25.3 Å². The second-order valence-corrected chi connectivity index (χ2v) is 8.12. The Morgan fingerprint density at radius 3 is 2.21 bits per heavy atom. The Hall–Kier alpha value is -4.20. The molecular formula is C26H23FN2O5. The Labute approximate surface area is 195 Å². The molecule has 1 atom stereocenters. The first kappa shape index (κ1) is 23.0. The van der Waals surface area contributed by atoms with E-state index in [0.29, 0.717) is 0 Å². The number of aliphatic carboxylic acids is 1. The molecule has 1 aliphatic carbocycles. The number of carbonyl (C=O) groups is 3. The Balaban J connectivity index is 1.38. The molecular weight excluding hydrogens is 439 g/mol. The van der Waals surface area contributed by atoms with E-state index >= 15 is 0 Å². The van der Waals surface area contributed by atoms with Crippen molar-refractivity contribution in [3.8, 4) is 11.1 Å². The van der Waals surface area contributed by atoms with Crippen LogP contribution in [0.1, 0.15) is 40.7 Å². The maximum atomic E-state index is 14.5. The lowest BCUT2D eigenvalue weighted by Gasteiger charge is -2.15. The van der Waals surface area contributed by atoms with Gasteiger partial charge in [0, 0.05) is 17.6 Å². The van der Waals surface area contributed by atoms with Gasteiger partial charge in [-0.2, -0.15) is 0 Å². The number of carbonyl (C=O) groups excluding carboxylic acids is 2. The van der Waals surface area contributed by atoms with Crippen LogP contribution in [-0.2, 0) is 9.53 Å². The second kappa shape index (κ2) is 9.74. The molecule has 2 amide bonds. The standard InChI is InChI=1S/C26H23FN2O5/c1-15(12-24(30)31)28-25(32)21-11-10-16(13-23(21)27)29-26(33)34-14-22-19-8-4-2-6-17(19)18-7-3-5-9-20(18)22/h2-11,13,15,22H,12,14H2,1H3,(H,28,32)(H,29,33)(H,30,31)/t15-/m1/s1. The molecule has 174 valence electrons. The summed E-state index contributed by atoms with van der Waals surface area (Å²) in [5.74, 6) is -2.76. The maximum absolute atomic E-state index is 14.5. The molecule has 1 aliphatic rings. The monoisotopic (exact) mass is 462 g/mol. The third-order valence-corrected chi connectivity index (χ3v) is 5.66. The zero-order valence-corrected chi connectivity index (χ0v) is 18.4. The summed E-state index contributed by atoms with van der Waals surface area (Å²) in [6.45, 7) is 1.63. The van der Waals surface area contributed by atoms with Gasteiger partial charge in [-0.1, -0.05) is 48.5 Å². The van der Waals surface area contributed by atoms with E-state index in [4.69, 9.17) is 9.84 Å². The van der Waals surface area contributed by atoms with E-state index in [-0.39, 0.29) is 30.2 Å². The number of benzene rings is 3. The maximum Gasteiger partial charge on any atom is 0.411 e. The fraction of sp³-hybridized carbons (Fsp3) is 0.192. The lowest BCUT2D eigenvalue weighted by molar-refractivity contribution is -0.137. The normalized spacial score (nSPS) is 12.9.